The zero-order chi connectivity index (χ0) is 12.4. The molecule has 0 aliphatic carbocycles. The number of nitrogens with two attached hydrogens (primary N) is 1. The number of nitrogen functional groups attached to an aromatic ring is 1. The summed E-state index contributed by atoms with van der Waals surface area (Å²) in [6.45, 7) is 0. The molecule has 1 aromatic heterocycles. The molecule has 0 fully saturated rings. The van der Waals surface area contributed by atoms with Gasteiger partial charge in [0.1, 0.15) is 34.1 Å². The van der Waals surface area contributed by atoms with Gasteiger partial charge in [0, 0.05) is 6.07 Å². The van der Waals surface area contributed by atoms with Crippen LogP contribution in [0.25, 0.3) is 0 Å². The second-order valence-corrected chi connectivity index (χ2v) is 3.96. The SMILES string of the molecule is Nc1ncnc(Nc2cc(F)ccc2F)c1Br. The molecule has 0 saturated heterocycles. The molecule has 1 heterocycles. The van der Waals surface area contributed by atoms with Crippen LogP contribution in [0.1, 0.15) is 0 Å². The Labute approximate surface area is 104 Å². The van der Waals surface area contributed by atoms with Crippen LogP contribution in [-0.4, -0.2) is 9.97 Å². The summed E-state index contributed by atoms with van der Waals surface area (Å²) in [5.41, 5.74) is 5.51. The molecule has 7 heteroatoms. The van der Waals surface area contributed by atoms with Crippen molar-refractivity contribution in [2.45, 2.75) is 0 Å². The van der Waals surface area contributed by atoms with Crippen molar-refractivity contribution in [3.05, 3.63) is 40.6 Å². The van der Waals surface area contributed by atoms with E-state index in [0.717, 1.165) is 18.2 Å². The lowest BCUT2D eigenvalue weighted by atomic mass is 10.3. The number of aromatic nitrogens is 2. The highest BCUT2D eigenvalue weighted by Crippen LogP contribution is 2.28. The van der Waals surface area contributed by atoms with Crippen LogP contribution in [0.5, 0.6) is 0 Å². The van der Waals surface area contributed by atoms with Gasteiger partial charge in [-0.2, -0.15) is 0 Å². The number of nitrogens with zero attached hydrogens (tertiary/aromatic N) is 2. The maximum absolute atomic E-state index is 13.4. The maximum atomic E-state index is 13.4. The van der Waals surface area contributed by atoms with Gasteiger partial charge in [-0.25, -0.2) is 18.7 Å². The number of anilines is 3. The van der Waals surface area contributed by atoms with Crippen molar-refractivity contribution in [2.24, 2.45) is 0 Å². The number of hydrogen-bond donors (Lipinski definition) is 2. The van der Waals surface area contributed by atoms with Crippen molar-refractivity contribution < 1.29 is 8.78 Å². The van der Waals surface area contributed by atoms with Gasteiger partial charge in [-0.05, 0) is 28.1 Å². The Morgan fingerprint density at radius 2 is 2.00 bits per heavy atom. The molecule has 0 aliphatic heterocycles. The van der Waals surface area contributed by atoms with Crippen molar-refractivity contribution >= 4 is 33.3 Å². The standard InChI is InChI=1S/C10H7BrF2N4/c11-8-9(14)15-4-16-10(8)17-7-3-5(12)1-2-6(7)13/h1-4H,(H3,14,15,16,17). The molecular formula is C10H7BrF2N4. The summed E-state index contributed by atoms with van der Waals surface area (Å²) in [5.74, 6) is -0.663. The average Bonchev–Trinajstić information content (AvgIpc) is 2.30. The monoisotopic (exact) mass is 300 g/mol. The third-order valence-electron chi connectivity index (χ3n) is 2.00. The predicted octanol–water partition coefficient (Wildman–Crippen LogP) is 2.84. The molecule has 2 aromatic rings. The smallest absolute Gasteiger partial charge is 0.150 e. The lowest BCUT2D eigenvalue weighted by Gasteiger charge is -2.09. The molecule has 17 heavy (non-hydrogen) atoms. The fraction of sp³-hybridized carbons (Fsp3) is 0. The second-order valence-electron chi connectivity index (χ2n) is 3.17. The zero-order valence-electron chi connectivity index (χ0n) is 8.42. The van der Waals surface area contributed by atoms with Crippen molar-refractivity contribution in [3.8, 4) is 0 Å². The molecule has 4 nitrogen and oxygen atoms in total. The lowest BCUT2D eigenvalue weighted by molar-refractivity contribution is 0.603. The zero-order valence-corrected chi connectivity index (χ0v) is 10.0. The van der Waals surface area contributed by atoms with Crippen molar-refractivity contribution in [1.82, 2.24) is 9.97 Å². The van der Waals surface area contributed by atoms with E-state index < -0.39 is 11.6 Å². The molecule has 3 N–H and O–H groups in total. The number of hydrogen-bond acceptors (Lipinski definition) is 4. The maximum Gasteiger partial charge on any atom is 0.150 e. The normalized spacial score (nSPS) is 10.3. The molecule has 0 bridgehead atoms. The highest BCUT2D eigenvalue weighted by molar-refractivity contribution is 9.10. The van der Waals surface area contributed by atoms with E-state index >= 15 is 0 Å². The first-order chi connectivity index (χ1) is 8.08. The van der Waals surface area contributed by atoms with Crippen molar-refractivity contribution in [2.75, 3.05) is 11.1 Å². The van der Waals surface area contributed by atoms with Crippen LogP contribution in [0.4, 0.5) is 26.1 Å². The van der Waals surface area contributed by atoms with Gasteiger partial charge in [0.05, 0.1) is 5.69 Å². The fourth-order valence-electron chi connectivity index (χ4n) is 1.19. The van der Waals surface area contributed by atoms with Crippen LogP contribution in [0.15, 0.2) is 29.0 Å². The summed E-state index contributed by atoms with van der Waals surface area (Å²) < 4.78 is 26.7. The summed E-state index contributed by atoms with van der Waals surface area (Å²) >= 11 is 3.15. The Morgan fingerprint density at radius 3 is 2.76 bits per heavy atom. The molecule has 0 amide bonds. The van der Waals surface area contributed by atoms with E-state index in [4.69, 9.17) is 5.73 Å². The first-order valence-electron chi connectivity index (χ1n) is 4.56. The summed E-state index contributed by atoms with van der Waals surface area (Å²) in [6, 6.07) is 3.08. The summed E-state index contributed by atoms with van der Waals surface area (Å²) in [5, 5.41) is 2.63. The molecule has 1 aromatic carbocycles. The largest absolute Gasteiger partial charge is 0.383 e. The van der Waals surface area contributed by atoms with Crippen LogP contribution in [-0.2, 0) is 0 Å². The van der Waals surface area contributed by atoms with E-state index in [2.05, 4.69) is 31.2 Å². The van der Waals surface area contributed by atoms with E-state index in [1.54, 1.807) is 0 Å². The number of benzene rings is 1. The van der Waals surface area contributed by atoms with Crippen LogP contribution >= 0.6 is 15.9 Å². The van der Waals surface area contributed by atoms with Gasteiger partial charge in [0.2, 0.25) is 0 Å². The minimum absolute atomic E-state index is 0.0243. The van der Waals surface area contributed by atoms with E-state index in [1.807, 2.05) is 0 Å². The molecular weight excluding hydrogens is 294 g/mol. The van der Waals surface area contributed by atoms with Gasteiger partial charge in [0.25, 0.3) is 0 Å². The highest BCUT2D eigenvalue weighted by Gasteiger charge is 2.09. The second kappa shape index (κ2) is 4.62. The Kier molecular flexibility index (Phi) is 3.19. The van der Waals surface area contributed by atoms with Crippen LogP contribution in [0, 0.1) is 11.6 Å². The summed E-state index contributed by atoms with van der Waals surface area (Å²) in [6.07, 6.45) is 1.22. The first-order valence-corrected chi connectivity index (χ1v) is 5.35. The molecule has 0 spiro atoms. The molecule has 0 atom stereocenters. The average molecular weight is 301 g/mol. The predicted molar refractivity (Wildman–Crippen MR) is 63.8 cm³/mol. The van der Waals surface area contributed by atoms with E-state index in [1.165, 1.54) is 6.33 Å². The van der Waals surface area contributed by atoms with Crippen LogP contribution in [0.3, 0.4) is 0 Å². The van der Waals surface area contributed by atoms with E-state index in [0.29, 0.717) is 4.47 Å². The Balaban J connectivity index is 2.38. The lowest BCUT2D eigenvalue weighted by Crippen LogP contribution is -2.01. The molecule has 0 aliphatic rings. The minimum Gasteiger partial charge on any atom is -0.383 e. The molecule has 0 radical (unpaired) electrons. The van der Waals surface area contributed by atoms with Gasteiger partial charge in [0.15, 0.2) is 0 Å². The van der Waals surface area contributed by atoms with Crippen molar-refractivity contribution in [1.29, 1.82) is 0 Å². The summed E-state index contributed by atoms with van der Waals surface area (Å²) in [4.78, 5) is 7.60. The number of halogens is 3. The van der Waals surface area contributed by atoms with Crippen LogP contribution < -0.4 is 11.1 Å². The Hall–Kier alpha value is -1.76. The Morgan fingerprint density at radius 1 is 1.24 bits per heavy atom. The topological polar surface area (TPSA) is 63.8 Å². The third kappa shape index (κ3) is 2.50. The van der Waals surface area contributed by atoms with Gasteiger partial charge >= 0.3 is 0 Å². The molecule has 0 saturated carbocycles. The fourth-order valence-corrected chi connectivity index (χ4v) is 1.50. The number of rotatable bonds is 2. The van der Waals surface area contributed by atoms with Gasteiger partial charge in [-0.15, -0.1) is 0 Å². The van der Waals surface area contributed by atoms with Gasteiger partial charge < -0.3 is 11.1 Å². The van der Waals surface area contributed by atoms with Crippen molar-refractivity contribution in [3.63, 3.8) is 0 Å². The van der Waals surface area contributed by atoms with E-state index in [9.17, 15) is 8.78 Å². The Bertz CT molecular complexity index is 562. The van der Waals surface area contributed by atoms with Crippen LogP contribution in [0.2, 0.25) is 0 Å². The molecule has 2 rings (SSSR count). The van der Waals surface area contributed by atoms with E-state index in [-0.39, 0.29) is 17.3 Å². The minimum atomic E-state index is -0.588. The third-order valence-corrected chi connectivity index (χ3v) is 2.78. The van der Waals surface area contributed by atoms with Gasteiger partial charge in [-0.1, -0.05) is 0 Å². The summed E-state index contributed by atoms with van der Waals surface area (Å²) in [7, 11) is 0. The number of nitrogens with one attached hydrogen (secondary N) is 1. The molecule has 88 valence electrons. The quantitative estimate of drug-likeness (QED) is 0.895. The first kappa shape index (κ1) is 11.7. The highest BCUT2D eigenvalue weighted by atomic mass is 79.9. The van der Waals surface area contributed by atoms with Gasteiger partial charge in [-0.3, -0.25) is 0 Å². The molecule has 0 unspecified atom stereocenters.